The quantitative estimate of drug-likeness (QED) is 0.797. The molecule has 1 aliphatic rings. The molecular weight excluding hydrogens is 270 g/mol. The Bertz CT molecular complexity index is 501. The summed E-state index contributed by atoms with van der Waals surface area (Å²) in [6, 6.07) is 7.22. The summed E-state index contributed by atoms with van der Waals surface area (Å²) < 4.78 is 0. The number of carbonyl (C=O) groups excluding carboxylic acids is 1. The fourth-order valence-electron chi connectivity index (χ4n) is 2.51. The summed E-state index contributed by atoms with van der Waals surface area (Å²) in [5, 5.41) is 14.5. The minimum absolute atomic E-state index is 0.129. The van der Waals surface area contributed by atoms with E-state index in [-0.39, 0.29) is 12.1 Å². The summed E-state index contributed by atoms with van der Waals surface area (Å²) in [6.45, 7) is 2.96. The van der Waals surface area contributed by atoms with Crippen molar-refractivity contribution in [2.75, 3.05) is 18.4 Å². The standard InChI is InChI=1S/C15H21N3O3/c1-2-11-5-7-12(8-6-11)17-14(19)16-10-13-4-3-9-18(13)15(20)21/h5-8,13H,2-4,9-10H2,1H3,(H,20,21)(H2,16,17,19)/t13-/m0/s1. The SMILES string of the molecule is CCc1ccc(NC(=O)NC[C@@H]2CCCN2C(=O)O)cc1. The maximum atomic E-state index is 11.8. The lowest BCUT2D eigenvalue weighted by Crippen LogP contribution is -2.43. The Morgan fingerprint density at radius 3 is 2.67 bits per heavy atom. The fraction of sp³-hybridized carbons (Fsp3) is 0.467. The van der Waals surface area contributed by atoms with Gasteiger partial charge < -0.3 is 20.6 Å². The van der Waals surface area contributed by atoms with Gasteiger partial charge >= 0.3 is 12.1 Å². The van der Waals surface area contributed by atoms with Crippen molar-refractivity contribution in [2.24, 2.45) is 0 Å². The van der Waals surface area contributed by atoms with E-state index in [1.165, 1.54) is 10.5 Å². The third-order valence-electron chi connectivity index (χ3n) is 3.74. The highest BCUT2D eigenvalue weighted by molar-refractivity contribution is 5.89. The van der Waals surface area contributed by atoms with Gasteiger partial charge in [-0.2, -0.15) is 0 Å². The molecular formula is C15H21N3O3. The summed E-state index contributed by atoms with van der Waals surface area (Å²) in [5.41, 5.74) is 1.94. The predicted molar refractivity (Wildman–Crippen MR) is 80.6 cm³/mol. The molecule has 1 aromatic carbocycles. The number of amides is 3. The van der Waals surface area contributed by atoms with E-state index < -0.39 is 6.09 Å². The summed E-state index contributed by atoms with van der Waals surface area (Å²) in [7, 11) is 0. The van der Waals surface area contributed by atoms with Crippen LogP contribution >= 0.6 is 0 Å². The van der Waals surface area contributed by atoms with Crippen LogP contribution in [0.2, 0.25) is 0 Å². The van der Waals surface area contributed by atoms with Gasteiger partial charge in [-0.05, 0) is 37.0 Å². The highest BCUT2D eigenvalue weighted by Crippen LogP contribution is 2.16. The van der Waals surface area contributed by atoms with Crippen LogP contribution in [0, 0.1) is 0 Å². The Balaban J connectivity index is 1.80. The number of rotatable bonds is 4. The van der Waals surface area contributed by atoms with Crippen molar-refractivity contribution >= 4 is 17.8 Å². The van der Waals surface area contributed by atoms with E-state index in [9.17, 15) is 9.59 Å². The van der Waals surface area contributed by atoms with Gasteiger partial charge in [0.05, 0.1) is 6.04 Å². The maximum Gasteiger partial charge on any atom is 0.407 e. The Labute approximate surface area is 124 Å². The van der Waals surface area contributed by atoms with E-state index in [4.69, 9.17) is 5.11 Å². The lowest BCUT2D eigenvalue weighted by molar-refractivity contribution is 0.140. The first kappa shape index (κ1) is 15.2. The first-order valence-corrected chi connectivity index (χ1v) is 7.23. The van der Waals surface area contributed by atoms with E-state index in [2.05, 4.69) is 17.6 Å². The van der Waals surface area contributed by atoms with Crippen LogP contribution in [0.4, 0.5) is 15.3 Å². The average Bonchev–Trinajstić information content (AvgIpc) is 2.94. The zero-order valence-electron chi connectivity index (χ0n) is 12.1. The lowest BCUT2D eigenvalue weighted by Gasteiger charge is -2.21. The average molecular weight is 291 g/mol. The molecule has 1 aromatic rings. The summed E-state index contributed by atoms with van der Waals surface area (Å²) in [4.78, 5) is 24.2. The van der Waals surface area contributed by atoms with Crippen LogP contribution in [0.5, 0.6) is 0 Å². The Hall–Kier alpha value is -2.24. The molecule has 0 radical (unpaired) electrons. The molecule has 1 heterocycles. The molecule has 2 rings (SSSR count). The number of nitrogens with zero attached hydrogens (tertiary/aromatic N) is 1. The van der Waals surface area contributed by atoms with Gasteiger partial charge in [-0.1, -0.05) is 19.1 Å². The molecule has 0 unspecified atom stereocenters. The van der Waals surface area contributed by atoms with E-state index in [0.717, 1.165) is 24.9 Å². The van der Waals surface area contributed by atoms with Gasteiger partial charge in [0, 0.05) is 18.8 Å². The van der Waals surface area contributed by atoms with E-state index in [1.807, 2.05) is 24.3 Å². The molecule has 1 aliphatic heterocycles. The molecule has 114 valence electrons. The van der Waals surface area contributed by atoms with Gasteiger partial charge in [0.2, 0.25) is 0 Å². The van der Waals surface area contributed by atoms with Crippen molar-refractivity contribution in [3.63, 3.8) is 0 Å². The van der Waals surface area contributed by atoms with Gasteiger partial charge in [0.25, 0.3) is 0 Å². The molecule has 3 amide bonds. The van der Waals surface area contributed by atoms with Crippen molar-refractivity contribution in [3.05, 3.63) is 29.8 Å². The number of carboxylic acid groups (broad SMARTS) is 1. The van der Waals surface area contributed by atoms with Crippen LogP contribution in [-0.4, -0.2) is 41.3 Å². The summed E-state index contributed by atoms with van der Waals surface area (Å²) in [5.74, 6) is 0. The van der Waals surface area contributed by atoms with E-state index in [1.54, 1.807) is 0 Å². The van der Waals surface area contributed by atoms with Crippen LogP contribution in [0.25, 0.3) is 0 Å². The second-order valence-corrected chi connectivity index (χ2v) is 5.16. The second-order valence-electron chi connectivity index (χ2n) is 5.16. The van der Waals surface area contributed by atoms with Crippen molar-refractivity contribution in [1.82, 2.24) is 10.2 Å². The number of aryl methyl sites for hydroxylation is 1. The summed E-state index contributed by atoms with van der Waals surface area (Å²) >= 11 is 0. The highest BCUT2D eigenvalue weighted by atomic mass is 16.4. The number of urea groups is 1. The first-order chi connectivity index (χ1) is 10.1. The summed E-state index contributed by atoms with van der Waals surface area (Å²) in [6.07, 6.45) is 1.67. The molecule has 0 saturated carbocycles. The van der Waals surface area contributed by atoms with Crippen molar-refractivity contribution in [2.45, 2.75) is 32.2 Å². The predicted octanol–water partition coefficient (Wildman–Crippen LogP) is 2.51. The Kier molecular flexibility index (Phi) is 5.03. The number of likely N-dealkylation sites (tertiary alicyclic amines) is 1. The molecule has 1 atom stereocenters. The molecule has 6 nitrogen and oxygen atoms in total. The number of hydrogen-bond acceptors (Lipinski definition) is 2. The number of carbonyl (C=O) groups is 2. The molecule has 3 N–H and O–H groups in total. The van der Waals surface area contributed by atoms with Gasteiger partial charge in [-0.25, -0.2) is 9.59 Å². The molecule has 6 heteroatoms. The van der Waals surface area contributed by atoms with Crippen LogP contribution in [0.15, 0.2) is 24.3 Å². The van der Waals surface area contributed by atoms with Crippen LogP contribution in [-0.2, 0) is 6.42 Å². The number of benzene rings is 1. The number of hydrogen-bond donors (Lipinski definition) is 3. The molecule has 0 aromatic heterocycles. The van der Waals surface area contributed by atoms with Gasteiger partial charge in [-0.15, -0.1) is 0 Å². The molecule has 1 fully saturated rings. The molecule has 1 saturated heterocycles. The minimum atomic E-state index is -0.921. The van der Waals surface area contributed by atoms with Gasteiger partial charge in [-0.3, -0.25) is 0 Å². The van der Waals surface area contributed by atoms with Gasteiger partial charge in [0.1, 0.15) is 0 Å². The van der Waals surface area contributed by atoms with Crippen LogP contribution in [0.1, 0.15) is 25.3 Å². The zero-order valence-corrected chi connectivity index (χ0v) is 12.1. The monoisotopic (exact) mass is 291 g/mol. The van der Waals surface area contributed by atoms with E-state index >= 15 is 0 Å². The maximum absolute atomic E-state index is 11.8. The highest BCUT2D eigenvalue weighted by Gasteiger charge is 2.28. The smallest absolute Gasteiger partial charge is 0.407 e. The largest absolute Gasteiger partial charge is 0.465 e. The Morgan fingerprint density at radius 2 is 2.05 bits per heavy atom. The number of anilines is 1. The van der Waals surface area contributed by atoms with Crippen molar-refractivity contribution < 1.29 is 14.7 Å². The number of nitrogens with one attached hydrogen (secondary N) is 2. The van der Waals surface area contributed by atoms with Crippen molar-refractivity contribution in [3.8, 4) is 0 Å². The third kappa shape index (κ3) is 4.11. The van der Waals surface area contributed by atoms with Crippen LogP contribution in [0.3, 0.4) is 0 Å². The van der Waals surface area contributed by atoms with E-state index in [0.29, 0.717) is 13.1 Å². The minimum Gasteiger partial charge on any atom is -0.465 e. The molecule has 21 heavy (non-hydrogen) atoms. The molecule has 0 bridgehead atoms. The van der Waals surface area contributed by atoms with Crippen LogP contribution < -0.4 is 10.6 Å². The topological polar surface area (TPSA) is 81.7 Å². The van der Waals surface area contributed by atoms with Gasteiger partial charge in [0.15, 0.2) is 0 Å². The molecule has 0 spiro atoms. The Morgan fingerprint density at radius 1 is 1.33 bits per heavy atom. The van der Waals surface area contributed by atoms with Crippen molar-refractivity contribution in [1.29, 1.82) is 0 Å². The third-order valence-corrected chi connectivity index (χ3v) is 3.74. The second kappa shape index (κ2) is 6.97. The fourth-order valence-corrected chi connectivity index (χ4v) is 2.51. The lowest BCUT2D eigenvalue weighted by atomic mass is 10.1. The molecule has 0 aliphatic carbocycles. The first-order valence-electron chi connectivity index (χ1n) is 7.23. The normalized spacial score (nSPS) is 17.6. The zero-order chi connectivity index (χ0) is 15.2.